The summed E-state index contributed by atoms with van der Waals surface area (Å²) in [5.74, 6) is -0.510. The zero-order valence-corrected chi connectivity index (χ0v) is 10.0. The minimum atomic E-state index is -1.07. The topological polar surface area (TPSA) is 72.2 Å². The zero-order valence-electron chi connectivity index (χ0n) is 10.0. The highest BCUT2D eigenvalue weighted by molar-refractivity contribution is 6.01. The number of carboxylic acids is 1. The molecule has 0 aromatic carbocycles. The Morgan fingerprint density at radius 1 is 1.59 bits per heavy atom. The number of ketones is 1. The Kier molecular flexibility index (Phi) is 2.77. The van der Waals surface area contributed by atoms with Crippen LogP contribution in [0, 0.1) is 5.92 Å². The Hall–Kier alpha value is -1.65. The van der Waals surface area contributed by atoms with Gasteiger partial charge in [0.25, 0.3) is 0 Å². The molecule has 1 aliphatic rings. The number of carbonyl (C=O) groups excluding carboxylic acids is 1. The lowest BCUT2D eigenvalue weighted by Crippen LogP contribution is -2.48. The summed E-state index contributed by atoms with van der Waals surface area (Å²) in [6.07, 6.45) is 1.92. The van der Waals surface area contributed by atoms with Crippen molar-refractivity contribution in [2.75, 3.05) is 0 Å². The van der Waals surface area contributed by atoms with E-state index in [9.17, 15) is 14.7 Å². The van der Waals surface area contributed by atoms with E-state index in [2.05, 4.69) is 18.9 Å². The van der Waals surface area contributed by atoms with Crippen LogP contribution in [-0.2, 0) is 21.5 Å². The Balaban J connectivity index is 2.24. The third-order valence-electron chi connectivity index (χ3n) is 3.09. The molecule has 0 saturated heterocycles. The standard InChI is InChI=1S/C12H16N2O3/c1-8(2)7-14-4-3-10(13-14)12(11(16)17)5-9(15)6-12/h3-4,8H,5-7H2,1-2H3,(H,16,17). The summed E-state index contributed by atoms with van der Waals surface area (Å²) in [4.78, 5) is 22.4. The first kappa shape index (κ1) is 11.8. The smallest absolute Gasteiger partial charge is 0.316 e. The molecule has 1 aromatic heterocycles. The van der Waals surface area contributed by atoms with E-state index in [-0.39, 0.29) is 18.6 Å². The Labute approximate surface area is 99.4 Å². The average molecular weight is 236 g/mol. The molecule has 17 heavy (non-hydrogen) atoms. The van der Waals surface area contributed by atoms with Crippen LogP contribution in [-0.4, -0.2) is 26.6 Å². The van der Waals surface area contributed by atoms with E-state index in [1.807, 2.05) is 0 Å². The minimum absolute atomic E-state index is 0.00851. The van der Waals surface area contributed by atoms with Gasteiger partial charge in [0.15, 0.2) is 0 Å². The fourth-order valence-corrected chi connectivity index (χ4v) is 2.16. The SMILES string of the molecule is CC(C)Cn1ccc(C2(C(=O)O)CC(=O)C2)n1. The number of hydrogen-bond acceptors (Lipinski definition) is 3. The molecule has 1 aliphatic carbocycles. The van der Waals surface area contributed by atoms with Gasteiger partial charge in [-0.25, -0.2) is 0 Å². The number of aromatic nitrogens is 2. The van der Waals surface area contributed by atoms with Crippen molar-refractivity contribution in [3.63, 3.8) is 0 Å². The van der Waals surface area contributed by atoms with Crippen LogP contribution in [0.25, 0.3) is 0 Å². The van der Waals surface area contributed by atoms with Crippen LogP contribution < -0.4 is 0 Å². The predicted octanol–water partition coefficient (Wildman–Crippen LogP) is 1.22. The van der Waals surface area contributed by atoms with Crippen molar-refractivity contribution in [2.24, 2.45) is 5.92 Å². The van der Waals surface area contributed by atoms with E-state index in [1.165, 1.54) is 0 Å². The highest BCUT2D eigenvalue weighted by Gasteiger charge is 2.53. The number of rotatable bonds is 4. The second-order valence-electron chi connectivity index (χ2n) is 5.10. The number of carbonyl (C=O) groups is 2. The highest BCUT2D eigenvalue weighted by atomic mass is 16.4. The first-order valence-electron chi connectivity index (χ1n) is 5.73. The molecule has 0 bridgehead atoms. The molecular formula is C12H16N2O3. The molecule has 2 rings (SSSR count). The van der Waals surface area contributed by atoms with Crippen molar-refractivity contribution in [1.82, 2.24) is 9.78 Å². The minimum Gasteiger partial charge on any atom is -0.481 e. The maximum atomic E-state index is 11.3. The molecular weight excluding hydrogens is 220 g/mol. The van der Waals surface area contributed by atoms with E-state index in [0.717, 1.165) is 6.54 Å². The largest absolute Gasteiger partial charge is 0.481 e. The van der Waals surface area contributed by atoms with Crippen molar-refractivity contribution >= 4 is 11.8 Å². The normalized spacial score (nSPS) is 18.2. The van der Waals surface area contributed by atoms with Gasteiger partial charge < -0.3 is 5.11 Å². The molecule has 0 radical (unpaired) electrons. The summed E-state index contributed by atoms with van der Waals surface area (Å²) in [7, 11) is 0. The summed E-state index contributed by atoms with van der Waals surface area (Å²) in [6, 6.07) is 1.71. The molecule has 5 nitrogen and oxygen atoms in total. The van der Waals surface area contributed by atoms with Crippen molar-refractivity contribution in [1.29, 1.82) is 0 Å². The van der Waals surface area contributed by atoms with Gasteiger partial charge in [0.1, 0.15) is 11.2 Å². The molecule has 1 heterocycles. The lowest BCUT2D eigenvalue weighted by molar-refractivity contribution is -0.153. The number of nitrogens with zero attached hydrogens (tertiary/aromatic N) is 2. The highest BCUT2D eigenvalue weighted by Crippen LogP contribution is 2.40. The lowest BCUT2D eigenvalue weighted by Gasteiger charge is -2.34. The molecule has 1 N–H and O–H groups in total. The maximum absolute atomic E-state index is 11.3. The summed E-state index contributed by atoms with van der Waals surface area (Å²) in [5, 5.41) is 13.5. The van der Waals surface area contributed by atoms with Crippen molar-refractivity contribution in [2.45, 2.75) is 38.6 Å². The first-order valence-corrected chi connectivity index (χ1v) is 5.73. The number of carboxylic acid groups (broad SMARTS) is 1. The summed E-state index contributed by atoms with van der Waals surface area (Å²) in [6.45, 7) is 4.89. The van der Waals surface area contributed by atoms with Crippen LogP contribution in [0.3, 0.4) is 0 Å². The van der Waals surface area contributed by atoms with E-state index < -0.39 is 11.4 Å². The Bertz CT molecular complexity index is 454. The van der Waals surface area contributed by atoms with Crippen LogP contribution in [0.15, 0.2) is 12.3 Å². The molecule has 0 amide bonds. The Morgan fingerprint density at radius 3 is 2.71 bits per heavy atom. The maximum Gasteiger partial charge on any atom is 0.316 e. The lowest BCUT2D eigenvalue weighted by atomic mass is 9.66. The molecule has 0 spiro atoms. The van der Waals surface area contributed by atoms with Gasteiger partial charge in [-0.15, -0.1) is 0 Å². The van der Waals surface area contributed by atoms with Gasteiger partial charge in [-0.1, -0.05) is 13.8 Å². The molecule has 92 valence electrons. The molecule has 0 aliphatic heterocycles. The van der Waals surface area contributed by atoms with Gasteiger partial charge in [-0.3, -0.25) is 14.3 Å². The second kappa shape index (κ2) is 3.98. The van der Waals surface area contributed by atoms with Gasteiger partial charge in [-0.2, -0.15) is 5.10 Å². The third kappa shape index (κ3) is 1.97. The predicted molar refractivity (Wildman–Crippen MR) is 60.6 cm³/mol. The van der Waals surface area contributed by atoms with E-state index >= 15 is 0 Å². The van der Waals surface area contributed by atoms with Crippen LogP contribution in [0.5, 0.6) is 0 Å². The van der Waals surface area contributed by atoms with Gasteiger partial charge in [-0.05, 0) is 12.0 Å². The fourth-order valence-electron chi connectivity index (χ4n) is 2.16. The summed E-state index contributed by atoms with van der Waals surface area (Å²) >= 11 is 0. The molecule has 0 atom stereocenters. The van der Waals surface area contributed by atoms with Crippen LogP contribution in [0.4, 0.5) is 0 Å². The number of Topliss-reactive ketones (excluding diaryl/α,β-unsaturated/α-hetero) is 1. The van der Waals surface area contributed by atoms with E-state index in [4.69, 9.17) is 0 Å². The average Bonchev–Trinajstić information content (AvgIpc) is 2.59. The monoisotopic (exact) mass is 236 g/mol. The van der Waals surface area contributed by atoms with Crippen LogP contribution in [0.2, 0.25) is 0 Å². The molecule has 0 unspecified atom stereocenters. The van der Waals surface area contributed by atoms with Crippen LogP contribution in [0.1, 0.15) is 32.4 Å². The van der Waals surface area contributed by atoms with E-state index in [0.29, 0.717) is 11.6 Å². The molecule has 1 fully saturated rings. The second-order valence-corrected chi connectivity index (χ2v) is 5.10. The van der Waals surface area contributed by atoms with Crippen LogP contribution >= 0.6 is 0 Å². The third-order valence-corrected chi connectivity index (χ3v) is 3.09. The van der Waals surface area contributed by atoms with Gasteiger partial charge >= 0.3 is 5.97 Å². The fraction of sp³-hybridized carbons (Fsp3) is 0.583. The quantitative estimate of drug-likeness (QED) is 0.853. The molecule has 5 heteroatoms. The number of hydrogen-bond donors (Lipinski definition) is 1. The molecule has 1 aromatic rings. The van der Waals surface area contributed by atoms with Gasteiger partial charge in [0.05, 0.1) is 5.69 Å². The van der Waals surface area contributed by atoms with Gasteiger partial charge in [0.2, 0.25) is 0 Å². The van der Waals surface area contributed by atoms with Gasteiger partial charge in [0, 0.05) is 25.6 Å². The Morgan fingerprint density at radius 2 is 2.24 bits per heavy atom. The summed E-state index contributed by atoms with van der Waals surface area (Å²) < 4.78 is 1.74. The van der Waals surface area contributed by atoms with Crippen molar-refractivity contribution < 1.29 is 14.7 Å². The van der Waals surface area contributed by atoms with E-state index in [1.54, 1.807) is 16.9 Å². The van der Waals surface area contributed by atoms with Crippen molar-refractivity contribution in [3.8, 4) is 0 Å². The number of aliphatic carboxylic acids is 1. The zero-order chi connectivity index (χ0) is 12.6. The molecule has 1 saturated carbocycles. The van der Waals surface area contributed by atoms with Crippen molar-refractivity contribution in [3.05, 3.63) is 18.0 Å². The summed E-state index contributed by atoms with van der Waals surface area (Å²) in [5.41, 5.74) is -0.565. The first-order chi connectivity index (χ1) is 7.94.